The minimum Gasteiger partial charge on any atom is -0.396 e. The molecule has 8 heteroatoms. The third-order valence-electron chi connectivity index (χ3n) is 3.31. The van der Waals surface area contributed by atoms with Crippen LogP contribution < -0.4 is 11.2 Å². The summed E-state index contributed by atoms with van der Waals surface area (Å²) in [5.74, 6) is -0.750. The number of aliphatic hydroxyl groups is 3. The maximum absolute atomic E-state index is 11.7. The first-order valence-corrected chi connectivity index (χ1v) is 5.87. The fraction of sp³-hybridized carbons (Fsp3) is 0.636. The summed E-state index contributed by atoms with van der Waals surface area (Å²) in [6, 6.07) is 0. The summed E-state index contributed by atoms with van der Waals surface area (Å²) in [4.78, 5) is 25.2. The smallest absolute Gasteiger partial charge is 0.330 e. The summed E-state index contributed by atoms with van der Waals surface area (Å²) in [6.45, 7) is 0.690. The molecule has 2 rings (SSSR count). The van der Waals surface area contributed by atoms with E-state index in [2.05, 4.69) is 4.98 Å². The number of aryl methyl sites for hydroxylation is 1. The highest BCUT2D eigenvalue weighted by molar-refractivity contribution is 5.03. The standard InChI is InChI=1S/C11H16N2O6/c1-5-2-13(11(18)12-9(5)17)10-6(3-14)8(16)7(4-15)19-10/h2,6-8,10,14-16H,3-4H2,1H3,(H,12,17,18)/t6-,7-,8+,10-/m1/s1. The number of hydrogen-bond donors (Lipinski definition) is 4. The number of H-pyrrole nitrogens is 1. The van der Waals surface area contributed by atoms with Gasteiger partial charge < -0.3 is 20.1 Å². The Bertz CT molecular complexity index is 565. The van der Waals surface area contributed by atoms with E-state index < -0.39 is 48.8 Å². The third-order valence-corrected chi connectivity index (χ3v) is 3.31. The van der Waals surface area contributed by atoms with E-state index in [4.69, 9.17) is 9.84 Å². The Kier molecular flexibility index (Phi) is 3.85. The molecule has 0 spiro atoms. The van der Waals surface area contributed by atoms with Crippen molar-refractivity contribution in [1.82, 2.24) is 9.55 Å². The molecule has 1 aromatic rings. The molecule has 106 valence electrons. The number of nitrogens with one attached hydrogen (secondary N) is 1. The molecule has 1 aliphatic heterocycles. The zero-order valence-corrected chi connectivity index (χ0v) is 10.3. The van der Waals surface area contributed by atoms with Gasteiger partial charge in [-0.2, -0.15) is 0 Å². The van der Waals surface area contributed by atoms with Gasteiger partial charge in [0.05, 0.1) is 25.2 Å². The summed E-state index contributed by atoms with van der Waals surface area (Å²) in [6.07, 6.45) is -1.58. The number of hydrogen-bond acceptors (Lipinski definition) is 6. The predicted molar refractivity (Wildman–Crippen MR) is 63.6 cm³/mol. The molecule has 8 nitrogen and oxygen atoms in total. The highest BCUT2D eigenvalue weighted by Gasteiger charge is 2.44. The maximum atomic E-state index is 11.7. The summed E-state index contributed by atoms with van der Waals surface area (Å²) >= 11 is 0. The fourth-order valence-corrected chi connectivity index (χ4v) is 2.20. The average molecular weight is 272 g/mol. The molecule has 19 heavy (non-hydrogen) atoms. The molecular formula is C11H16N2O6. The Labute approximate surface area is 107 Å². The zero-order valence-electron chi connectivity index (χ0n) is 10.3. The molecule has 0 bridgehead atoms. The summed E-state index contributed by atoms with van der Waals surface area (Å²) in [5, 5.41) is 28.2. The maximum Gasteiger partial charge on any atom is 0.330 e. The third kappa shape index (κ3) is 2.35. The van der Waals surface area contributed by atoms with Gasteiger partial charge in [-0.05, 0) is 6.92 Å². The van der Waals surface area contributed by atoms with E-state index in [-0.39, 0.29) is 0 Å². The van der Waals surface area contributed by atoms with Crippen molar-refractivity contribution in [2.45, 2.75) is 25.4 Å². The highest BCUT2D eigenvalue weighted by Crippen LogP contribution is 2.33. The lowest BCUT2D eigenvalue weighted by Gasteiger charge is -2.19. The Hall–Kier alpha value is -1.48. The zero-order chi connectivity index (χ0) is 14.2. The molecule has 0 radical (unpaired) electrons. The van der Waals surface area contributed by atoms with Gasteiger partial charge in [0.2, 0.25) is 0 Å². The number of ether oxygens (including phenoxy) is 1. The van der Waals surface area contributed by atoms with Crippen LogP contribution in [0.25, 0.3) is 0 Å². The van der Waals surface area contributed by atoms with Crippen molar-refractivity contribution in [3.05, 3.63) is 32.6 Å². The molecule has 1 saturated heterocycles. The molecule has 1 fully saturated rings. The molecule has 0 unspecified atom stereocenters. The molecule has 1 aromatic heterocycles. The molecule has 4 N–H and O–H groups in total. The SMILES string of the molecule is Cc1cn([C@@H]2O[C@H](CO)[C@@H](O)[C@H]2CO)c(=O)[nH]c1=O. The lowest BCUT2D eigenvalue weighted by molar-refractivity contribution is -0.0496. The van der Waals surface area contributed by atoms with E-state index in [1.807, 2.05) is 0 Å². The quantitative estimate of drug-likeness (QED) is 0.490. The van der Waals surface area contributed by atoms with E-state index in [0.29, 0.717) is 5.56 Å². The van der Waals surface area contributed by atoms with Crippen molar-refractivity contribution in [3.63, 3.8) is 0 Å². The molecule has 0 amide bonds. The number of rotatable bonds is 3. The topological polar surface area (TPSA) is 125 Å². The van der Waals surface area contributed by atoms with E-state index in [9.17, 15) is 19.8 Å². The Balaban J connectivity index is 2.44. The predicted octanol–water partition coefficient (Wildman–Crippen LogP) is -2.30. The number of aromatic amines is 1. The van der Waals surface area contributed by atoms with Crippen LogP contribution in [0.15, 0.2) is 15.8 Å². The number of aliphatic hydroxyl groups excluding tert-OH is 3. The summed E-state index contributed by atoms with van der Waals surface area (Å²) in [5.41, 5.74) is -0.884. The fourth-order valence-electron chi connectivity index (χ4n) is 2.20. The van der Waals surface area contributed by atoms with Crippen LogP contribution in [0, 0.1) is 12.8 Å². The van der Waals surface area contributed by atoms with Crippen molar-refractivity contribution < 1.29 is 20.1 Å². The van der Waals surface area contributed by atoms with E-state index >= 15 is 0 Å². The van der Waals surface area contributed by atoms with Crippen molar-refractivity contribution in [2.24, 2.45) is 5.92 Å². The first-order valence-electron chi connectivity index (χ1n) is 5.87. The first kappa shape index (κ1) is 13.9. The second kappa shape index (κ2) is 5.25. The van der Waals surface area contributed by atoms with Crippen LogP contribution in [0.4, 0.5) is 0 Å². The van der Waals surface area contributed by atoms with Gasteiger partial charge in [0.15, 0.2) is 0 Å². The molecule has 0 aliphatic carbocycles. The van der Waals surface area contributed by atoms with Crippen molar-refractivity contribution in [3.8, 4) is 0 Å². The lowest BCUT2D eigenvalue weighted by atomic mass is 10.0. The van der Waals surface area contributed by atoms with Crippen molar-refractivity contribution in [1.29, 1.82) is 0 Å². The van der Waals surface area contributed by atoms with E-state index in [1.54, 1.807) is 0 Å². The van der Waals surface area contributed by atoms with Crippen molar-refractivity contribution >= 4 is 0 Å². The van der Waals surface area contributed by atoms with Crippen LogP contribution in [-0.2, 0) is 4.74 Å². The molecule has 0 saturated carbocycles. The number of nitrogens with zero attached hydrogens (tertiary/aromatic N) is 1. The van der Waals surface area contributed by atoms with Gasteiger partial charge in [-0.15, -0.1) is 0 Å². The van der Waals surface area contributed by atoms with Gasteiger partial charge >= 0.3 is 5.69 Å². The molecule has 2 heterocycles. The van der Waals surface area contributed by atoms with Gasteiger partial charge in [-0.25, -0.2) is 4.79 Å². The van der Waals surface area contributed by atoms with Crippen LogP contribution in [0.2, 0.25) is 0 Å². The average Bonchev–Trinajstić information content (AvgIpc) is 2.70. The van der Waals surface area contributed by atoms with Crippen LogP contribution in [0.5, 0.6) is 0 Å². The van der Waals surface area contributed by atoms with Crippen molar-refractivity contribution in [2.75, 3.05) is 13.2 Å². The van der Waals surface area contributed by atoms with Gasteiger partial charge in [0.25, 0.3) is 5.56 Å². The first-order chi connectivity index (χ1) is 8.99. The Morgan fingerprint density at radius 1 is 1.37 bits per heavy atom. The van der Waals surface area contributed by atoms with E-state index in [1.165, 1.54) is 13.1 Å². The van der Waals surface area contributed by atoms with Gasteiger partial charge in [-0.1, -0.05) is 0 Å². The normalized spacial score (nSPS) is 30.7. The molecule has 1 aliphatic rings. The van der Waals surface area contributed by atoms with Gasteiger partial charge in [0, 0.05) is 11.8 Å². The van der Waals surface area contributed by atoms with Crippen LogP contribution >= 0.6 is 0 Å². The highest BCUT2D eigenvalue weighted by atomic mass is 16.5. The summed E-state index contributed by atoms with van der Waals surface area (Å²) in [7, 11) is 0. The molecule has 4 atom stereocenters. The van der Waals surface area contributed by atoms with Crippen LogP contribution in [0.1, 0.15) is 11.8 Å². The summed E-state index contributed by atoms with van der Waals surface area (Å²) < 4.78 is 6.48. The Morgan fingerprint density at radius 3 is 2.63 bits per heavy atom. The minimum absolute atomic E-state index is 0.307. The minimum atomic E-state index is -1.08. The molecule has 0 aromatic carbocycles. The second-order valence-electron chi connectivity index (χ2n) is 4.56. The van der Waals surface area contributed by atoms with Gasteiger partial charge in [-0.3, -0.25) is 14.3 Å². The second-order valence-corrected chi connectivity index (χ2v) is 4.56. The Morgan fingerprint density at radius 2 is 2.05 bits per heavy atom. The molecular weight excluding hydrogens is 256 g/mol. The van der Waals surface area contributed by atoms with Gasteiger partial charge in [0.1, 0.15) is 12.3 Å². The lowest BCUT2D eigenvalue weighted by Crippen LogP contribution is -2.37. The van der Waals surface area contributed by atoms with Crippen LogP contribution in [0.3, 0.4) is 0 Å². The monoisotopic (exact) mass is 272 g/mol. The number of aromatic nitrogens is 2. The van der Waals surface area contributed by atoms with E-state index in [0.717, 1.165) is 4.57 Å². The largest absolute Gasteiger partial charge is 0.396 e. The van der Waals surface area contributed by atoms with Crippen LogP contribution in [-0.4, -0.2) is 50.3 Å².